The Balaban J connectivity index is 1.70. The lowest BCUT2D eigenvalue weighted by molar-refractivity contribution is 0.0919. The van der Waals surface area contributed by atoms with Crippen molar-refractivity contribution < 1.29 is 4.79 Å². The van der Waals surface area contributed by atoms with Gasteiger partial charge in [-0.25, -0.2) is 0 Å². The van der Waals surface area contributed by atoms with E-state index in [4.69, 9.17) is 0 Å². The van der Waals surface area contributed by atoms with Gasteiger partial charge in [-0.2, -0.15) is 0 Å². The quantitative estimate of drug-likeness (QED) is 0.795. The van der Waals surface area contributed by atoms with Crippen molar-refractivity contribution in [1.82, 2.24) is 14.9 Å². The van der Waals surface area contributed by atoms with Crippen molar-refractivity contribution in [3.63, 3.8) is 0 Å². The van der Waals surface area contributed by atoms with Gasteiger partial charge in [-0.3, -0.25) is 14.3 Å². The lowest BCUT2D eigenvalue weighted by Gasteiger charge is -2.21. The third-order valence-electron chi connectivity index (χ3n) is 5.07. The van der Waals surface area contributed by atoms with Crippen LogP contribution >= 0.6 is 0 Å². The van der Waals surface area contributed by atoms with Gasteiger partial charge in [0.05, 0.1) is 17.5 Å². The van der Waals surface area contributed by atoms with Crippen molar-refractivity contribution in [2.24, 2.45) is 0 Å². The van der Waals surface area contributed by atoms with Gasteiger partial charge in [-0.15, -0.1) is 0 Å². The minimum Gasteiger partial charge on any atom is -0.317 e. The zero-order valence-corrected chi connectivity index (χ0v) is 14.5. The van der Waals surface area contributed by atoms with Gasteiger partial charge in [0.15, 0.2) is 0 Å². The first-order valence-corrected chi connectivity index (χ1v) is 8.98. The van der Waals surface area contributed by atoms with Crippen LogP contribution in [0.4, 0.5) is 0 Å². The van der Waals surface area contributed by atoms with E-state index in [1.807, 2.05) is 41.2 Å². The van der Waals surface area contributed by atoms with E-state index in [-0.39, 0.29) is 5.91 Å². The minimum atomic E-state index is 0.101. The largest absolute Gasteiger partial charge is 0.317 e. The number of pyridine rings is 1. The molecule has 128 valence electrons. The van der Waals surface area contributed by atoms with Crippen LogP contribution in [0, 0.1) is 6.92 Å². The van der Waals surface area contributed by atoms with Crippen molar-refractivity contribution in [2.75, 3.05) is 13.1 Å². The summed E-state index contributed by atoms with van der Waals surface area (Å²) in [5.74, 6) is 0.579. The van der Waals surface area contributed by atoms with Crippen LogP contribution in [0.1, 0.15) is 40.2 Å². The molecule has 0 bridgehead atoms. The topological polar surface area (TPSA) is 46.9 Å². The molecule has 1 aliphatic rings. The van der Waals surface area contributed by atoms with Gasteiger partial charge >= 0.3 is 0 Å². The van der Waals surface area contributed by atoms with Crippen LogP contribution in [0.15, 0.2) is 48.8 Å². The van der Waals surface area contributed by atoms with Crippen LogP contribution in [-0.4, -0.2) is 28.5 Å². The van der Waals surface area contributed by atoms with Crippen molar-refractivity contribution >= 4 is 16.9 Å². The monoisotopic (exact) mass is 333 g/mol. The first-order valence-electron chi connectivity index (χ1n) is 8.98. The summed E-state index contributed by atoms with van der Waals surface area (Å²) < 4.78 is 1.81. The molecule has 3 heterocycles. The van der Waals surface area contributed by atoms with Crippen LogP contribution < -0.4 is 5.32 Å². The summed E-state index contributed by atoms with van der Waals surface area (Å²) in [6.45, 7) is 4.11. The van der Waals surface area contributed by atoms with E-state index in [2.05, 4.69) is 29.4 Å². The van der Waals surface area contributed by atoms with Gasteiger partial charge in [-0.05, 0) is 62.0 Å². The lowest BCUT2D eigenvalue weighted by Crippen LogP contribution is -2.26. The Morgan fingerprint density at radius 2 is 2.08 bits per heavy atom. The molecule has 1 aliphatic heterocycles. The Labute approximate surface area is 147 Å². The Hall–Kier alpha value is -2.46. The Bertz CT molecular complexity index is 906. The molecule has 0 unspecified atom stereocenters. The number of piperidine rings is 1. The molecule has 4 heteroatoms. The number of carbonyl (C=O) groups excluding carboxylic acids is 1. The normalized spacial score (nSPS) is 15.6. The van der Waals surface area contributed by atoms with Crippen LogP contribution in [0.3, 0.4) is 0 Å². The Kier molecular flexibility index (Phi) is 4.36. The van der Waals surface area contributed by atoms with E-state index in [0.29, 0.717) is 12.3 Å². The average Bonchev–Trinajstić information content (AvgIpc) is 3.02. The fourth-order valence-electron chi connectivity index (χ4n) is 3.80. The number of carbonyl (C=O) groups is 1. The van der Waals surface area contributed by atoms with Gasteiger partial charge < -0.3 is 5.32 Å². The van der Waals surface area contributed by atoms with Gasteiger partial charge in [-0.1, -0.05) is 29.8 Å². The maximum Gasteiger partial charge on any atom is 0.235 e. The predicted octanol–water partition coefficient (Wildman–Crippen LogP) is 3.69. The highest BCUT2D eigenvalue weighted by atomic mass is 16.2. The standard InChI is InChI=1S/C21H23N3O/c1-15-4-2-5-16(12-15)13-20(25)24-14-18(17-7-10-22-11-8-17)21-19(24)6-3-9-23-21/h2-6,9,12,14,17,22H,7-8,10-11,13H2,1H3. The molecule has 1 aromatic carbocycles. The van der Waals surface area contributed by atoms with Gasteiger partial charge in [0.2, 0.25) is 5.91 Å². The van der Waals surface area contributed by atoms with Gasteiger partial charge in [0, 0.05) is 12.4 Å². The molecule has 1 N–H and O–H groups in total. The van der Waals surface area contributed by atoms with Crippen molar-refractivity contribution in [2.45, 2.75) is 32.1 Å². The predicted molar refractivity (Wildman–Crippen MR) is 100 cm³/mol. The minimum absolute atomic E-state index is 0.101. The smallest absolute Gasteiger partial charge is 0.235 e. The van der Waals surface area contributed by atoms with E-state index in [1.165, 1.54) is 11.1 Å². The fraction of sp³-hybridized carbons (Fsp3) is 0.333. The number of aromatic nitrogens is 2. The summed E-state index contributed by atoms with van der Waals surface area (Å²) in [4.78, 5) is 17.5. The summed E-state index contributed by atoms with van der Waals surface area (Å²) in [7, 11) is 0. The third-order valence-corrected chi connectivity index (χ3v) is 5.07. The molecule has 1 saturated heterocycles. The molecule has 0 saturated carbocycles. The van der Waals surface area contributed by atoms with Crippen LogP contribution in [0.2, 0.25) is 0 Å². The molecule has 25 heavy (non-hydrogen) atoms. The molecule has 3 aromatic rings. The highest BCUT2D eigenvalue weighted by Gasteiger charge is 2.22. The summed E-state index contributed by atoms with van der Waals surface area (Å²) >= 11 is 0. The number of hydrogen-bond donors (Lipinski definition) is 1. The summed E-state index contributed by atoms with van der Waals surface area (Å²) in [6, 6.07) is 12.1. The molecule has 0 radical (unpaired) electrons. The zero-order valence-electron chi connectivity index (χ0n) is 14.5. The SMILES string of the molecule is Cc1cccc(CC(=O)n2cc(C3CCNCC3)c3ncccc32)c1. The molecule has 4 rings (SSSR count). The molecule has 4 nitrogen and oxygen atoms in total. The van der Waals surface area contributed by atoms with Gasteiger partial charge in [0.1, 0.15) is 0 Å². The highest BCUT2D eigenvalue weighted by Crippen LogP contribution is 2.31. The second-order valence-electron chi connectivity index (χ2n) is 6.91. The van der Waals surface area contributed by atoms with Crippen molar-refractivity contribution in [3.05, 3.63) is 65.5 Å². The van der Waals surface area contributed by atoms with Crippen LogP contribution in [0.25, 0.3) is 11.0 Å². The number of fused-ring (bicyclic) bond motifs is 1. The molecular formula is C21H23N3O. The first kappa shape index (κ1) is 16.0. The lowest BCUT2D eigenvalue weighted by atomic mass is 9.91. The number of rotatable bonds is 3. The van der Waals surface area contributed by atoms with E-state index >= 15 is 0 Å². The summed E-state index contributed by atoms with van der Waals surface area (Å²) in [5, 5.41) is 3.41. The zero-order chi connectivity index (χ0) is 17.2. The number of hydrogen-bond acceptors (Lipinski definition) is 3. The van der Waals surface area contributed by atoms with E-state index in [9.17, 15) is 4.79 Å². The fourth-order valence-corrected chi connectivity index (χ4v) is 3.80. The Morgan fingerprint density at radius 3 is 2.88 bits per heavy atom. The van der Waals surface area contributed by atoms with E-state index < -0.39 is 0 Å². The second kappa shape index (κ2) is 6.81. The number of aryl methyl sites for hydroxylation is 1. The third kappa shape index (κ3) is 3.22. The summed E-state index contributed by atoms with van der Waals surface area (Å²) in [5.41, 5.74) is 5.36. The molecule has 0 atom stereocenters. The van der Waals surface area contributed by atoms with Crippen molar-refractivity contribution in [3.8, 4) is 0 Å². The number of benzene rings is 1. The van der Waals surface area contributed by atoms with Crippen LogP contribution in [0.5, 0.6) is 0 Å². The maximum atomic E-state index is 13.0. The van der Waals surface area contributed by atoms with E-state index in [1.54, 1.807) is 0 Å². The molecule has 0 aliphatic carbocycles. The Morgan fingerprint density at radius 1 is 1.24 bits per heavy atom. The number of nitrogens with zero attached hydrogens (tertiary/aromatic N) is 2. The van der Waals surface area contributed by atoms with Crippen LogP contribution in [-0.2, 0) is 6.42 Å². The average molecular weight is 333 g/mol. The molecular weight excluding hydrogens is 310 g/mol. The second-order valence-corrected chi connectivity index (χ2v) is 6.91. The molecule has 0 amide bonds. The highest BCUT2D eigenvalue weighted by molar-refractivity contribution is 5.93. The first-order chi connectivity index (χ1) is 12.2. The number of nitrogens with one attached hydrogen (secondary N) is 1. The molecule has 1 fully saturated rings. The molecule has 0 spiro atoms. The van der Waals surface area contributed by atoms with Crippen molar-refractivity contribution in [1.29, 1.82) is 0 Å². The summed E-state index contributed by atoms with van der Waals surface area (Å²) in [6.07, 6.45) is 6.46. The molecule has 2 aromatic heterocycles. The van der Waals surface area contributed by atoms with E-state index in [0.717, 1.165) is 42.5 Å². The van der Waals surface area contributed by atoms with Gasteiger partial charge in [0.25, 0.3) is 0 Å². The maximum absolute atomic E-state index is 13.0.